The number of ether oxygens (including phenoxy) is 3. The van der Waals surface area contributed by atoms with Crippen LogP contribution in [0, 0.1) is 0 Å². The molecule has 0 aliphatic carbocycles. The number of benzene rings is 2. The molecule has 0 spiro atoms. The van der Waals surface area contributed by atoms with E-state index in [1.165, 1.54) is 38.5 Å². The van der Waals surface area contributed by atoms with Crippen LogP contribution in [0.2, 0.25) is 0 Å². The number of hydrogen-bond donors (Lipinski definition) is 3. The molecule has 1 fully saturated rings. The second kappa shape index (κ2) is 18.9. The minimum absolute atomic E-state index is 0.0120. The zero-order chi connectivity index (χ0) is 45.0. The van der Waals surface area contributed by atoms with Crippen molar-refractivity contribution >= 4 is 65.2 Å². The Kier molecular flexibility index (Phi) is 14.8. The molecule has 19 nitrogen and oxygen atoms in total. The number of carbonyl (C=O) groups excluding carboxylic acids is 3. The predicted octanol–water partition coefficient (Wildman–Crippen LogP) is 3.12. The van der Waals surface area contributed by atoms with Crippen LogP contribution in [-0.4, -0.2) is 132 Å². The zero-order valence-corrected chi connectivity index (χ0v) is 36.6. The van der Waals surface area contributed by atoms with E-state index < -0.39 is 64.7 Å². The van der Waals surface area contributed by atoms with Gasteiger partial charge in [-0.25, -0.2) is 4.79 Å². The standard InChI is InChI=1S/C39H49N3O16S3/c1-38(16-6-24-59(46,47)48)29-25-27(60(49,50)51)9-11-31(29)40(18-22-56-4)33(38)7-5-8-34-39(2,17-21-55-3)30-26-28(61(52,53)54)10-12-32(30)41(34)19-23-57-20-15-37(45)58-42-35(43)13-14-36(42)44/h5,7-12,25-26H,6,13-24H2,1-4H3,(H2-,46,47,48,49,50,51,52,53,54)/p+1. The summed E-state index contributed by atoms with van der Waals surface area (Å²) in [6, 6.07) is 8.37. The van der Waals surface area contributed by atoms with Crippen LogP contribution in [-0.2, 0) is 74.6 Å². The molecule has 2 amide bonds. The van der Waals surface area contributed by atoms with E-state index in [0.29, 0.717) is 45.4 Å². The van der Waals surface area contributed by atoms with Crippen molar-refractivity contribution in [2.75, 3.05) is 64.4 Å². The van der Waals surface area contributed by atoms with Crippen molar-refractivity contribution in [2.45, 2.75) is 73.0 Å². The normalized spacial score (nSPS) is 21.3. The molecule has 0 aromatic heterocycles. The number of allylic oxidation sites excluding steroid dienone is 4. The van der Waals surface area contributed by atoms with E-state index in [1.807, 2.05) is 16.4 Å². The summed E-state index contributed by atoms with van der Waals surface area (Å²) in [6.07, 6.45) is 5.42. The number of hydroxylamine groups is 2. The molecule has 0 saturated carbocycles. The number of methoxy groups -OCH3 is 2. The highest BCUT2D eigenvalue weighted by atomic mass is 32.2. The van der Waals surface area contributed by atoms with Crippen molar-refractivity contribution in [3.05, 3.63) is 71.5 Å². The molecular weight excluding hydrogens is 863 g/mol. The Morgan fingerprint density at radius 2 is 1.44 bits per heavy atom. The molecule has 3 aliphatic heterocycles. The Bertz CT molecular complexity index is 2470. The smallest absolute Gasteiger partial charge is 0.335 e. The fourth-order valence-corrected chi connectivity index (χ4v) is 9.46. The van der Waals surface area contributed by atoms with E-state index >= 15 is 0 Å². The number of fused-ring (bicyclic) bond motifs is 2. The number of anilines is 1. The minimum atomic E-state index is -4.63. The third-order valence-electron chi connectivity index (χ3n) is 11.0. The van der Waals surface area contributed by atoms with Gasteiger partial charge in [0, 0.05) is 74.7 Å². The highest BCUT2D eigenvalue weighted by Crippen LogP contribution is 2.51. The molecule has 5 rings (SSSR count). The van der Waals surface area contributed by atoms with Crippen LogP contribution < -0.4 is 4.90 Å². The summed E-state index contributed by atoms with van der Waals surface area (Å²) >= 11 is 0. The van der Waals surface area contributed by atoms with E-state index in [4.69, 9.17) is 19.0 Å². The van der Waals surface area contributed by atoms with E-state index in [0.717, 1.165) is 0 Å². The summed E-state index contributed by atoms with van der Waals surface area (Å²) in [5.74, 6) is -2.62. The molecule has 61 heavy (non-hydrogen) atoms. The summed E-state index contributed by atoms with van der Waals surface area (Å²) < 4.78 is 121. The van der Waals surface area contributed by atoms with Gasteiger partial charge in [-0.15, -0.1) is 5.06 Å². The van der Waals surface area contributed by atoms with Crippen LogP contribution in [0.4, 0.5) is 11.4 Å². The monoisotopic (exact) mass is 912 g/mol. The Hall–Kier alpha value is -4.39. The Morgan fingerprint density at radius 1 is 0.820 bits per heavy atom. The first-order valence-corrected chi connectivity index (χ1v) is 23.7. The first-order valence-electron chi connectivity index (χ1n) is 19.2. The molecule has 1 saturated heterocycles. The Balaban J connectivity index is 1.54. The fraction of sp³-hybridized carbons (Fsp3) is 0.487. The first kappa shape index (κ1) is 47.7. The minimum Gasteiger partial charge on any atom is -0.385 e. The van der Waals surface area contributed by atoms with Crippen LogP contribution in [0.1, 0.15) is 63.5 Å². The van der Waals surface area contributed by atoms with Crippen LogP contribution >= 0.6 is 0 Å². The van der Waals surface area contributed by atoms with Gasteiger partial charge in [0.15, 0.2) is 12.3 Å². The van der Waals surface area contributed by atoms with Crippen molar-refractivity contribution in [3.8, 4) is 0 Å². The molecule has 22 heteroatoms. The average Bonchev–Trinajstić information content (AvgIpc) is 3.71. The van der Waals surface area contributed by atoms with E-state index in [2.05, 4.69) is 0 Å². The lowest BCUT2D eigenvalue weighted by Gasteiger charge is -2.30. The highest BCUT2D eigenvalue weighted by Gasteiger charge is 2.48. The van der Waals surface area contributed by atoms with Crippen LogP contribution in [0.3, 0.4) is 0 Å². The van der Waals surface area contributed by atoms with Gasteiger partial charge in [0.05, 0.1) is 40.6 Å². The Morgan fingerprint density at radius 3 is 2.05 bits per heavy atom. The summed E-state index contributed by atoms with van der Waals surface area (Å²) in [5.41, 5.74) is 1.49. The third-order valence-corrected chi connectivity index (χ3v) is 13.5. The van der Waals surface area contributed by atoms with Gasteiger partial charge in [0.1, 0.15) is 6.61 Å². The van der Waals surface area contributed by atoms with Gasteiger partial charge in [0.2, 0.25) is 5.69 Å². The molecular formula is C39H50N3O16S3+. The largest absolute Gasteiger partial charge is 0.385 e. The summed E-state index contributed by atoms with van der Waals surface area (Å²) in [6.45, 7) is 4.53. The molecule has 2 aromatic carbocycles. The van der Waals surface area contributed by atoms with Gasteiger partial charge >= 0.3 is 5.97 Å². The summed E-state index contributed by atoms with van der Waals surface area (Å²) in [5, 5.41) is 0.452. The number of nitrogens with zero attached hydrogens (tertiary/aromatic N) is 3. The molecule has 2 aromatic rings. The molecule has 2 unspecified atom stereocenters. The van der Waals surface area contributed by atoms with Crippen LogP contribution in [0.5, 0.6) is 0 Å². The molecule has 0 bridgehead atoms. The van der Waals surface area contributed by atoms with Crippen molar-refractivity contribution < 1.29 is 76.9 Å². The predicted molar refractivity (Wildman–Crippen MR) is 218 cm³/mol. The van der Waals surface area contributed by atoms with Gasteiger partial charge < -0.3 is 23.9 Å². The fourth-order valence-electron chi connectivity index (χ4n) is 7.94. The lowest BCUT2D eigenvalue weighted by atomic mass is 9.75. The highest BCUT2D eigenvalue weighted by molar-refractivity contribution is 7.86. The van der Waals surface area contributed by atoms with Gasteiger partial charge in [0.25, 0.3) is 42.2 Å². The van der Waals surface area contributed by atoms with E-state index in [-0.39, 0.29) is 81.4 Å². The topological polar surface area (TPSA) is 261 Å². The van der Waals surface area contributed by atoms with Crippen LogP contribution in [0.25, 0.3) is 0 Å². The second-order valence-electron chi connectivity index (χ2n) is 15.1. The Labute approximate surface area is 354 Å². The van der Waals surface area contributed by atoms with Crippen molar-refractivity contribution in [1.82, 2.24) is 5.06 Å². The molecule has 0 radical (unpaired) electrons. The number of rotatable bonds is 21. The molecule has 3 N–H and O–H groups in total. The van der Waals surface area contributed by atoms with Crippen molar-refractivity contribution in [2.24, 2.45) is 0 Å². The van der Waals surface area contributed by atoms with Crippen LogP contribution in [0.15, 0.2) is 70.1 Å². The van der Waals surface area contributed by atoms with E-state index in [9.17, 15) is 53.3 Å². The second-order valence-corrected chi connectivity index (χ2v) is 19.5. The van der Waals surface area contributed by atoms with Gasteiger partial charge in [-0.3, -0.25) is 23.2 Å². The maximum atomic E-state index is 12.4. The van der Waals surface area contributed by atoms with Crippen molar-refractivity contribution in [1.29, 1.82) is 0 Å². The van der Waals surface area contributed by atoms with Gasteiger partial charge in [-0.05, 0) is 75.1 Å². The van der Waals surface area contributed by atoms with Crippen molar-refractivity contribution in [3.63, 3.8) is 0 Å². The maximum Gasteiger partial charge on any atom is 0.335 e. The lowest BCUT2D eigenvalue weighted by molar-refractivity contribution is -0.441. The quantitative estimate of drug-likeness (QED) is 0.0703. The number of hydrogen-bond acceptors (Lipinski definition) is 14. The van der Waals surface area contributed by atoms with Gasteiger partial charge in [-0.2, -0.15) is 29.8 Å². The SMILES string of the molecule is COCC[N+]1=C(/C=C/C=C2/N(CCOCCC(=O)ON3C(=O)CCC3=O)c3ccc(S(=O)(=O)O)cc3C2(C)CCOC)C(C)(CCCS(=O)(=O)O)c2cc(S(=O)(=O)O)ccc21. The molecule has 2 atom stereocenters. The number of imide groups is 1. The lowest BCUT2D eigenvalue weighted by Crippen LogP contribution is -2.33. The summed E-state index contributed by atoms with van der Waals surface area (Å²) in [7, 11) is -10.6. The first-order chi connectivity index (χ1) is 28.5. The molecule has 334 valence electrons. The zero-order valence-electron chi connectivity index (χ0n) is 34.1. The molecule has 3 aliphatic rings. The third kappa shape index (κ3) is 10.8. The van der Waals surface area contributed by atoms with Gasteiger partial charge in [-0.1, -0.05) is 6.08 Å². The maximum absolute atomic E-state index is 12.4. The average molecular weight is 913 g/mol. The number of amides is 2. The van der Waals surface area contributed by atoms with E-state index in [1.54, 1.807) is 37.3 Å². The molecule has 3 heterocycles. The number of carbonyl (C=O) groups is 3. The summed E-state index contributed by atoms with van der Waals surface area (Å²) in [4.78, 5) is 42.2.